The number of H-pyrrole nitrogens is 1. The minimum absolute atomic E-state index is 0. The number of amides is 1. The minimum atomic E-state index is -0.498. The third-order valence-corrected chi connectivity index (χ3v) is 12.8. The molecule has 84 heavy (non-hydrogen) atoms. The Morgan fingerprint density at radius 1 is 0.667 bits per heavy atom. The molecule has 1 amide bonds. The van der Waals surface area contributed by atoms with Crippen LogP contribution in [0.25, 0.3) is 72.4 Å². The van der Waals surface area contributed by atoms with Crippen LogP contribution in [0.2, 0.25) is 15.7 Å². The number of non-ortho nitro benzene ring substituents is 2. The molecule has 2 fully saturated rings. The number of benzene rings is 4. The number of halogens is 3. The summed E-state index contributed by atoms with van der Waals surface area (Å²) in [6, 6.07) is 32.8. The Morgan fingerprint density at radius 2 is 1.21 bits per heavy atom. The Morgan fingerprint density at radius 3 is 1.80 bits per heavy atom. The first-order valence-electron chi connectivity index (χ1n) is 25.0. The molecule has 5 N–H and O–H groups in total. The number of carbonyl (C=O) groups excluding carboxylic acids is 1. The Kier molecular flexibility index (Phi) is 23.0. The molecule has 10 aromatic rings. The molecule has 24 nitrogen and oxygen atoms in total. The maximum Gasteiger partial charge on any atom is 1.00 e. The average molecular weight is 1200 g/mol. The van der Waals surface area contributed by atoms with Crippen LogP contribution in [0.1, 0.15) is 12.8 Å². The first-order chi connectivity index (χ1) is 40.3. The number of nitrogens with one attached hydrogen (secondary N) is 4. The molecule has 4 aromatic carbocycles. The van der Waals surface area contributed by atoms with E-state index in [-0.39, 0.29) is 68.1 Å². The van der Waals surface area contributed by atoms with E-state index in [0.29, 0.717) is 61.7 Å². The molecule has 0 aliphatic carbocycles. The molecule has 28 heteroatoms. The number of carbonyl (C=O) groups is 1. The fraction of sp³-hybridized carbons (Fsp3) is 0.143. The smallest absolute Gasteiger partial charge is 0.553 e. The quantitative estimate of drug-likeness (QED) is 0.0247. The number of nitro groups is 2. The van der Waals surface area contributed by atoms with Crippen molar-refractivity contribution in [2.75, 3.05) is 55.1 Å². The third-order valence-electron chi connectivity index (χ3n) is 12.2. The standard InChI is InChI=1S/C26H24N6O2.C13H6Cl2N4O2.C13H7ClN4O3.C4H8O.H2NO.Na/c1-2-23(33)29-21-5-3-4-18(16-21)24-25-19(10-11-27-24)17-28-26(31-25)30-20-6-8-22(9-7-20)32-12-14-34-15-13-32;14-12-9-4-5-16-10(11(9)17-13(15)18-12)7-2-1-3-8(6-7)19(20)21;14-13-16-11-9(12(19)17-13)4-5-15-10(11)7-2-1-3-8(6-7)18(20)21;1-2-4-5-3-1;1-2;/h2-11,16-17H,1,12-15H2,(H,29,33)(H,28,30,31);1-6H;1-6H,(H,16,17,19);1-4H2;1-2H;/q;;;;-1;+1. The largest absolute Gasteiger partial charge is 1.00 e. The van der Waals surface area contributed by atoms with Gasteiger partial charge in [0.25, 0.3) is 16.9 Å². The van der Waals surface area contributed by atoms with Gasteiger partial charge < -0.3 is 36.1 Å². The van der Waals surface area contributed by atoms with Crippen molar-refractivity contribution < 1.29 is 58.9 Å². The van der Waals surface area contributed by atoms with Gasteiger partial charge in [-0.2, -0.15) is 0 Å². The number of ether oxygens (including phenoxy) is 2. The van der Waals surface area contributed by atoms with E-state index < -0.39 is 9.85 Å². The summed E-state index contributed by atoms with van der Waals surface area (Å²) in [4.78, 5) is 83.2. The van der Waals surface area contributed by atoms with Crippen molar-refractivity contribution in [1.82, 2.24) is 44.9 Å². The fourth-order valence-corrected chi connectivity index (χ4v) is 8.98. The average Bonchev–Trinajstić information content (AvgIpc) is 3.63. The number of rotatable bonds is 10. The summed E-state index contributed by atoms with van der Waals surface area (Å²) in [5, 5.41) is 36.0. The molecule has 2 aliphatic rings. The second-order valence-electron chi connectivity index (χ2n) is 17.5. The number of anilines is 4. The Hall–Kier alpha value is -8.53. The van der Waals surface area contributed by atoms with Crippen LogP contribution in [0, 0.1) is 20.2 Å². The molecule has 0 saturated carbocycles. The summed E-state index contributed by atoms with van der Waals surface area (Å²) >= 11 is 17.6. The van der Waals surface area contributed by atoms with Crippen molar-refractivity contribution in [3.8, 4) is 33.8 Å². The Labute approximate surface area is 514 Å². The molecule has 2 saturated heterocycles. The number of aromatic nitrogens is 9. The van der Waals surface area contributed by atoms with E-state index in [1.165, 1.54) is 61.1 Å². The van der Waals surface area contributed by atoms with Crippen LogP contribution in [0.4, 0.5) is 34.4 Å². The van der Waals surface area contributed by atoms with Gasteiger partial charge >= 0.3 is 29.6 Å². The molecule has 0 bridgehead atoms. The van der Waals surface area contributed by atoms with E-state index in [9.17, 15) is 29.8 Å². The molecule has 0 unspecified atom stereocenters. The second kappa shape index (κ2) is 30.7. The van der Waals surface area contributed by atoms with E-state index in [2.05, 4.69) is 74.1 Å². The van der Waals surface area contributed by atoms with Gasteiger partial charge in [-0.05, 0) is 96.7 Å². The van der Waals surface area contributed by atoms with Crippen LogP contribution in [0.3, 0.4) is 0 Å². The van der Waals surface area contributed by atoms with Crippen LogP contribution < -0.4 is 50.7 Å². The molecular formula is C56H47Cl3N15NaO9. The number of nitrogens with zero attached hydrogens (tertiary/aromatic N) is 11. The van der Waals surface area contributed by atoms with E-state index in [0.717, 1.165) is 61.7 Å². The Bertz CT molecular complexity index is 4020. The number of morpholine rings is 1. The van der Waals surface area contributed by atoms with Crippen molar-refractivity contribution in [1.29, 1.82) is 0 Å². The van der Waals surface area contributed by atoms with E-state index in [1.54, 1.807) is 48.9 Å². The first-order valence-corrected chi connectivity index (χ1v) is 26.1. The minimum Gasteiger partial charge on any atom is -0.553 e. The van der Waals surface area contributed by atoms with Crippen molar-refractivity contribution >= 4 is 108 Å². The SMILES string of the molecule is C1CCOC1.C=CC(=O)Nc1cccc(-c2nccc3cnc(Nc4ccc(N5CCOCC5)cc4)nc23)c1.O=[N+]([O-])c1cccc(-c2nccc3c(Cl)nc(Cl)nc23)c1.O=c1[nH]c(Cl)nc2c(-c3cccc([N+](=O)[O-])c3)nccc12.[NH-]O.[Na+]. The van der Waals surface area contributed by atoms with Gasteiger partial charge in [0, 0.05) is 120 Å². The van der Waals surface area contributed by atoms with Crippen molar-refractivity contribution in [2.45, 2.75) is 12.8 Å². The summed E-state index contributed by atoms with van der Waals surface area (Å²) in [6.45, 7) is 8.80. The van der Waals surface area contributed by atoms with Crippen LogP contribution in [-0.4, -0.2) is 105 Å². The van der Waals surface area contributed by atoms with Gasteiger partial charge in [0.1, 0.15) is 21.7 Å². The predicted octanol–water partition coefficient (Wildman–Crippen LogP) is 9.08. The molecule has 6 aromatic heterocycles. The number of fused-ring (bicyclic) bond motifs is 3. The number of aromatic amines is 1. The van der Waals surface area contributed by atoms with Crippen LogP contribution in [0.15, 0.2) is 157 Å². The Balaban J connectivity index is 0.000000176. The first kappa shape index (κ1) is 63.1. The van der Waals surface area contributed by atoms with Gasteiger partial charge in [0.2, 0.25) is 22.4 Å². The number of pyridine rings is 3. The number of hydrogen-bond donors (Lipinski definition) is 4. The summed E-state index contributed by atoms with van der Waals surface area (Å²) in [6.07, 6.45) is 10.3. The van der Waals surface area contributed by atoms with E-state index in [4.69, 9.17) is 60.4 Å². The second-order valence-corrected chi connectivity index (χ2v) is 18.6. The van der Waals surface area contributed by atoms with Gasteiger partial charge in [0.15, 0.2) is 0 Å². The zero-order valence-electron chi connectivity index (χ0n) is 44.5. The molecule has 0 atom stereocenters. The zero-order valence-corrected chi connectivity index (χ0v) is 48.8. The molecule has 2 aliphatic heterocycles. The summed E-state index contributed by atoms with van der Waals surface area (Å²) in [5.41, 5.74) is 7.13. The predicted molar refractivity (Wildman–Crippen MR) is 317 cm³/mol. The molecule has 422 valence electrons. The van der Waals surface area contributed by atoms with Gasteiger partial charge in [0.05, 0.1) is 45.5 Å². The normalized spacial score (nSPS) is 12.3. The molecular weight excluding hydrogens is 1160 g/mol. The van der Waals surface area contributed by atoms with Crippen molar-refractivity contribution in [3.05, 3.63) is 205 Å². The fourth-order valence-electron chi connectivity index (χ4n) is 8.37. The van der Waals surface area contributed by atoms with Crippen molar-refractivity contribution in [2.24, 2.45) is 0 Å². The third kappa shape index (κ3) is 16.4. The van der Waals surface area contributed by atoms with Crippen LogP contribution in [-0.2, 0) is 14.3 Å². The maximum atomic E-state index is 11.8. The summed E-state index contributed by atoms with van der Waals surface area (Å²) in [7, 11) is 0. The molecule has 12 rings (SSSR count). The summed E-state index contributed by atoms with van der Waals surface area (Å²) < 4.78 is 10.4. The molecule has 0 radical (unpaired) electrons. The zero-order chi connectivity index (χ0) is 58.8. The van der Waals surface area contributed by atoms with Crippen molar-refractivity contribution in [3.63, 3.8) is 0 Å². The van der Waals surface area contributed by atoms with E-state index >= 15 is 0 Å². The van der Waals surface area contributed by atoms with Crippen LogP contribution >= 0.6 is 34.8 Å². The topological polar surface area (TPSA) is 329 Å². The molecule has 8 heterocycles. The van der Waals surface area contributed by atoms with E-state index in [1.807, 2.05) is 42.5 Å². The van der Waals surface area contributed by atoms with Gasteiger partial charge in [-0.1, -0.05) is 54.6 Å². The molecule has 0 spiro atoms. The maximum absolute atomic E-state index is 11.8. The number of hydrogen-bond acceptors (Lipinski definition) is 19. The monoisotopic (exact) mass is 1200 g/mol. The van der Waals surface area contributed by atoms with Gasteiger partial charge in [-0.25, -0.2) is 24.9 Å². The van der Waals surface area contributed by atoms with Crippen LogP contribution in [0.5, 0.6) is 0 Å². The number of nitro benzene ring substituents is 2. The van der Waals surface area contributed by atoms with Gasteiger partial charge in [-0.3, -0.25) is 49.8 Å². The summed E-state index contributed by atoms with van der Waals surface area (Å²) in [5.74, 6) is 4.97. The van der Waals surface area contributed by atoms with Gasteiger partial charge in [-0.15, -0.1) is 0 Å².